The molecule has 0 saturated heterocycles. The van der Waals surface area contributed by atoms with Crippen LogP contribution in [0.4, 0.5) is 18.9 Å². The number of unbranched alkanes of at least 4 members (excludes halogenated alkanes) is 4. The molecule has 1 aromatic carbocycles. The molecule has 0 aromatic heterocycles. The van der Waals surface area contributed by atoms with Crippen LogP contribution in [0.5, 0.6) is 0 Å². The van der Waals surface area contributed by atoms with Gasteiger partial charge in [-0.15, -0.1) is 0 Å². The van der Waals surface area contributed by atoms with Crippen molar-refractivity contribution in [2.45, 2.75) is 49.4 Å². The van der Waals surface area contributed by atoms with Crippen molar-refractivity contribution in [3.05, 3.63) is 24.3 Å². The summed E-state index contributed by atoms with van der Waals surface area (Å²) in [5.74, 6) is 0. The first-order chi connectivity index (χ1) is 9.03. The Morgan fingerprint density at radius 1 is 1.05 bits per heavy atom. The molecule has 0 spiro atoms. The van der Waals surface area contributed by atoms with Crippen molar-refractivity contribution in [2.75, 3.05) is 11.9 Å². The van der Waals surface area contributed by atoms with E-state index in [1.165, 1.54) is 25.3 Å². The third-order valence-electron chi connectivity index (χ3n) is 2.71. The highest BCUT2D eigenvalue weighted by Crippen LogP contribution is 2.40. The molecule has 0 heterocycles. The predicted octanol–water partition coefficient (Wildman–Crippen LogP) is 5.68. The van der Waals surface area contributed by atoms with Gasteiger partial charge in [0.2, 0.25) is 0 Å². The summed E-state index contributed by atoms with van der Waals surface area (Å²) < 4.78 is 37.2. The minimum Gasteiger partial charge on any atom is -0.384 e. The van der Waals surface area contributed by atoms with Crippen LogP contribution in [0.15, 0.2) is 29.2 Å². The summed E-state index contributed by atoms with van der Waals surface area (Å²) in [6.07, 6.45) is 5.72. The molecule has 0 aliphatic heterocycles. The van der Waals surface area contributed by atoms with E-state index in [9.17, 15) is 13.2 Å². The monoisotopic (exact) mass is 291 g/mol. The molecule has 108 valence electrons. The van der Waals surface area contributed by atoms with Gasteiger partial charge in [-0.25, -0.2) is 0 Å². The van der Waals surface area contributed by atoms with Gasteiger partial charge < -0.3 is 5.32 Å². The number of thioether (sulfide) groups is 1. The van der Waals surface area contributed by atoms with Crippen LogP contribution in [0.25, 0.3) is 0 Å². The summed E-state index contributed by atoms with van der Waals surface area (Å²) in [5, 5.41) is 3.09. The highest BCUT2D eigenvalue weighted by molar-refractivity contribution is 8.00. The molecule has 19 heavy (non-hydrogen) atoms. The third kappa shape index (κ3) is 7.35. The number of hydrogen-bond acceptors (Lipinski definition) is 2. The average Bonchev–Trinajstić information content (AvgIpc) is 2.33. The van der Waals surface area contributed by atoms with E-state index in [0.29, 0.717) is 5.69 Å². The molecule has 0 fully saturated rings. The topological polar surface area (TPSA) is 12.0 Å². The van der Waals surface area contributed by atoms with Crippen molar-refractivity contribution < 1.29 is 13.2 Å². The second-order valence-electron chi connectivity index (χ2n) is 4.38. The molecule has 0 atom stereocenters. The highest BCUT2D eigenvalue weighted by Gasteiger charge is 2.30. The van der Waals surface area contributed by atoms with Crippen LogP contribution in [0.1, 0.15) is 39.0 Å². The molecule has 5 heteroatoms. The van der Waals surface area contributed by atoms with E-state index in [1.807, 2.05) is 0 Å². The second kappa shape index (κ2) is 8.35. The van der Waals surface area contributed by atoms with Crippen LogP contribution in [0, 0.1) is 0 Å². The van der Waals surface area contributed by atoms with Crippen LogP contribution >= 0.6 is 11.8 Å². The van der Waals surface area contributed by atoms with E-state index in [4.69, 9.17) is 0 Å². The number of benzene rings is 1. The minimum atomic E-state index is -4.24. The quantitative estimate of drug-likeness (QED) is 0.488. The summed E-state index contributed by atoms with van der Waals surface area (Å²) in [4.78, 5) is 0.239. The van der Waals surface area contributed by atoms with Crippen LogP contribution in [0.2, 0.25) is 0 Å². The Morgan fingerprint density at radius 2 is 1.74 bits per heavy atom. The van der Waals surface area contributed by atoms with Gasteiger partial charge in [0.05, 0.1) is 0 Å². The van der Waals surface area contributed by atoms with Crippen LogP contribution in [0.3, 0.4) is 0 Å². The van der Waals surface area contributed by atoms with Crippen molar-refractivity contribution in [3.63, 3.8) is 0 Å². The molecule has 0 saturated carbocycles. The largest absolute Gasteiger partial charge is 0.446 e. The first-order valence-electron chi connectivity index (χ1n) is 6.61. The minimum absolute atomic E-state index is 0.0632. The summed E-state index contributed by atoms with van der Waals surface area (Å²) in [7, 11) is 0. The van der Waals surface area contributed by atoms with Gasteiger partial charge in [-0.1, -0.05) is 44.7 Å². The molecular weight excluding hydrogens is 271 g/mol. The number of alkyl halides is 3. The molecule has 0 unspecified atom stereocenters. The van der Waals surface area contributed by atoms with Crippen molar-refractivity contribution in [2.24, 2.45) is 0 Å². The fourth-order valence-electron chi connectivity index (χ4n) is 1.78. The maximum Gasteiger partial charge on any atom is 0.446 e. The Balaban J connectivity index is 2.40. The van der Waals surface area contributed by atoms with E-state index in [2.05, 4.69) is 12.2 Å². The lowest BCUT2D eigenvalue weighted by Crippen LogP contribution is -2.05. The molecule has 1 N–H and O–H groups in total. The molecule has 0 aliphatic rings. The lowest BCUT2D eigenvalue weighted by atomic mass is 10.1. The predicted molar refractivity (Wildman–Crippen MR) is 75.6 cm³/mol. The number of anilines is 1. The van der Waals surface area contributed by atoms with Gasteiger partial charge in [0.1, 0.15) is 0 Å². The van der Waals surface area contributed by atoms with Gasteiger partial charge in [0.15, 0.2) is 0 Å². The fraction of sp³-hybridized carbons (Fsp3) is 0.571. The van der Waals surface area contributed by atoms with E-state index < -0.39 is 5.51 Å². The molecule has 0 radical (unpaired) electrons. The lowest BCUT2D eigenvalue weighted by Gasteiger charge is -2.12. The maximum atomic E-state index is 12.4. The number of para-hydroxylation sites is 1. The molecule has 1 aromatic rings. The summed E-state index contributed by atoms with van der Waals surface area (Å²) >= 11 is -0.0632. The zero-order valence-corrected chi connectivity index (χ0v) is 11.9. The molecule has 0 amide bonds. The van der Waals surface area contributed by atoms with Gasteiger partial charge in [-0.3, -0.25) is 0 Å². The standard InChI is InChI=1S/C14H20F3NS/c1-2-3-4-5-8-11-18-12-9-6-7-10-13(12)19-14(15,16)17/h6-7,9-10,18H,2-5,8,11H2,1H3. The Hall–Kier alpha value is -0.840. The average molecular weight is 291 g/mol. The van der Waals surface area contributed by atoms with E-state index >= 15 is 0 Å². The smallest absolute Gasteiger partial charge is 0.384 e. The van der Waals surface area contributed by atoms with Crippen molar-refractivity contribution in [1.29, 1.82) is 0 Å². The van der Waals surface area contributed by atoms with Crippen molar-refractivity contribution in [1.82, 2.24) is 0 Å². The number of hydrogen-bond donors (Lipinski definition) is 1. The van der Waals surface area contributed by atoms with Gasteiger partial charge in [-0.05, 0) is 30.3 Å². The Kier molecular flexibility index (Phi) is 7.13. The maximum absolute atomic E-state index is 12.4. The number of nitrogens with one attached hydrogen (secondary N) is 1. The van der Waals surface area contributed by atoms with E-state index in [0.717, 1.165) is 19.4 Å². The molecule has 0 aliphatic carbocycles. The van der Waals surface area contributed by atoms with E-state index in [-0.39, 0.29) is 16.7 Å². The summed E-state index contributed by atoms with van der Waals surface area (Å²) in [6.45, 7) is 2.88. The first-order valence-corrected chi connectivity index (χ1v) is 7.43. The normalized spacial score (nSPS) is 11.6. The van der Waals surface area contributed by atoms with Gasteiger partial charge >= 0.3 is 5.51 Å². The Bertz CT molecular complexity index is 366. The molecule has 1 rings (SSSR count). The summed E-state index contributed by atoms with van der Waals surface area (Å²) in [6, 6.07) is 6.57. The Labute approximate surface area is 117 Å². The Morgan fingerprint density at radius 3 is 2.42 bits per heavy atom. The second-order valence-corrected chi connectivity index (χ2v) is 5.49. The fourth-order valence-corrected chi connectivity index (χ4v) is 2.42. The van der Waals surface area contributed by atoms with Gasteiger partial charge in [0.25, 0.3) is 0 Å². The first kappa shape index (κ1) is 16.2. The summed E-state index contributed by atoms with van der Waals surface area (Å²) in [5.41, 5.74) is -3.67. The van der Waals surface area contributed by atoms with Gasteiger partial charge in [-0.2, -0.15) is 13.2 Å². The van der Waals surface area contributed by atoms with E-state index in [1.54, 1.807) is 18.2 Å². The highest BCUT2D eigenvalue weighted by atomic mass is 32.2. The zero-order valence-electron chi connectivity index (χ0n) is 11.1. The number of rotatable bonds is 8. The zero-order chi connectivity index (χ0) is 14.1. The molecule has 1 nitrogen and oxygen atoms in total. The van der Waals surface area contributed by atoms with Crippen LogP contribution in [-0.2, 0) is 0 Å². The number of halogens is 3. The van der Waals surface area contributed by atoms with Crippen LogP contribution < -0.4 is 5.32 Å². The van der Waals surface area contributed by atoms with Crippen molar-refractivity contribution in [3.8, 4) is 0 Å². The molecule has 0 bridgehead atoms. The SMILES string of the molecule is CCCCCCCNc1ccccc1SC(F)(F)F. The van der Waals surface area contributed by atoms with Gasteiger partial charge in [0, 0.05) is 17.1 Å². The lowest BCUT2D eigenvalue weighted by molar-refractivity contribution is -0.0327. The van der Waals surface area contributed by atoms with Crippen molar-refractivity contribution >= 4 is 17.4 Å². The third-order valence-corrected chi connectivity index (χ3v) is 3.52. The van der Waals surface area contributed by atoms with Crippen LogP contribution in [-0.4, -0.2) is 12.1 Å². The molecular formula is C14H20F3NS.